The van der Waals surface area contributed by atoms with Gasteiger partial charge in [-0.3, -0.25) is 14.5 Å². The van der Waals surface area contributed by atoms with Crippen LogP contribution < -0.4 is 5.32 Å². The molecule has 0 radical (unpaired) electrons. The highest BCUT2D eigenvalue weighted by atomic mass is 35.5. The second-order valence-corrected chi connectivity index (χ2v) is 10.0. The van der Waals surface area contributed by atoms with Crippen LogP contribution in [0.3, 0.4) is 0 Å². The third kappa shape index (κ3) is 5.88. The van der Waals surface area contributed by atoms with Crippen molar-refractivity contribution in [3.05, 3.63) is 64.7 Å². The van der Waals surface area contributed by atoms with Crippen LogP contribution in [0.15, 0.2) is 48.5 Å². The number of amides is 1. The molecule has 1 amide bonds. The van der Waals surface area contributed by atoms with Gasteiger partial charge in [0, 0.05) is 12.1 Å². The van der Waals surface area contributed by atoms with E-state index in [1.165, 1.54) is 12.1 Å². The molecule has 2 fully saturated rings. The maximum atomic E-state index is 13.4. The fourth-order valence-electron chi connectivity index (χ4n) is 4.73. The summed E-state index contributed by atoms with van der Waals surface area (Å²) in [5.41, 5.74) is -0.562. The number of halogens is 1. The van der Waals surface area contributed by atoms with Gasteiger partial charge in [0.2, 0.25) is 5.60 Å². The molecule has 1 saturated heterocycles. The predicted octanol–water partition coefficient (Wildman–Crippen LogP) is 3.80. The number of nitrogens with zero attached hydrogens (tertiary/aromatic N) is 2. The number of carboxylic acid groups (broad SMARTS) is 1. The highest BCUT2D eigenvalue weighted by Gasteiger charge is 2.52. The monoisotopic (exact) mass is 505 g/mol. The Morgan fingerprint density at radius 1 is 1.17 bits per heavy atom. The second kappa shape index (κ2) is 10.7. The van der Waals surface area contributed by atoms with Crippen molar-refractivity contribution < 1.29 is 19.8 Å². The quantitative estimate of drug-likeness (QED) is 0.493. The number of likely N-dealkylation sites (tertiary alicyclic amines) is 1. The standard InChI is InChI=1S/C28H28ClN3O4/c29-24-17-23(8-7-21(24)18-30)31-26(35)28(36,19-27(12-13-27)22-5-2-1-3-6-22)11-4-14-32-15-9-20(10-16-32)25(33)34/h1-3,5-8,17,20,36H,9-10,12-16,19H2,(H,31,35)(H,33,34). The van der Waals surface area contributed by atoms with E-state index in [-0.39, 0.29) is 28.3 Å². The molecule has 2 aromatic carbocycles. The molecular weight excluding hydrogens is 478 g/mol. The first-order valence-corrected chi connectivity index (χ1v) is 12.4. The molecule has 186 valence electrons. The maximum Gasteiger partial charge on any atom is 0.306 e. The van der Waals surface area contributed by atoms with Gasteiger partial charge in [0.25, 0.3) is 5.91 Å². The number of rotatable bonds is 7. The predicted molar refractivity (Wildman–Crippen MR) is 136 cm³/mol. The van der Waals surface area contributed by atoms with E-state index in [2.05, 4.69) is 17.2 Å². The van der Waals surface area contributed by atoms with Gasteiger partial charge < -0.3 is 15.5 Å². The molecule has 8 heteroatoms. The van der Waals surface area contributed by atoms with Gasteiger partial charge in [-0.15, -0.1) is 0 Å². The van der Waals surface area contributed by atoms with E-state index in [4.69, 9.17) is 16.9 Å². The van der Waals surface area contributed by atoms with Crippen molar-refractivity contribution in [1.29, 1.82) is 5.26 Å². The Bertz CT molecular complexity index is 1230. The fourth-order valence-corrected chi connectivity index (χ4v) is 4.96. The number of carbonyl (C=O) groups is 2. The zero-order valence-corrected chi connectivity index (χ0v) is 20.6. The Morgan fingerprint density at radius 3 is 2.44 bits per heavy atom. The molecule has 1 aliphatic carbocycles. The number of nitriles is 1. The van der Waals surface area contributed by atoms with E-state index in [0.717, 1.165) is 18.4 Å². The lowest BCUT2D eigenvalue weighted by atomic mass is 9.82. The molecule has 0 bridgehead atoms. The second-order valence-electron chi connectivity index (χ2n) is 9.63. The first kappa shape index (κ1) is 25.7. The molecule has 4 rings (SSSR count). The minimum atomic E-state index is -1.95. The van der Waals surface area contributed by atoms with Crippen LogP contribution >= 0.6 is 11.6 Å². The van der Waals surface area contributed by atoms with Crippen molar-refractivity contribution in [2.24, 2.45) is 5.92 Å². The van der Waals surface area contributed by atoms with Crippen molar-refractivity contribution in [2.75, 3.05) is 25.0 Å². The molecule has 7 nitrogen and oxygen atoms in total. The average molecular weight is 506 g/mol. The smallest absolute Gasteiger partial charge is 0.306 e. The summed E-state index contributed by atoms with van der Waals surface area (Å²) in [6, 6.07) is 16.4. The normalized spacial score (nSPS) is 18.7. The Kier molecular flexibility index (Phi) is 7.66. The van der Waals surface area contributed by atoms with E-state index in [9.17, 15) is 19.8 Å². The summed E-state index contributed by atoms with van der Waals surface area (Å²) in [6.45, 7) is 1.55. The lowest BCUT2D eigenvalue weighted by Gasteiger charge is -2.29. The van der Waals surface area contributed by atoms with Crippen LogP contribution in [0, 0.1) is 29.1 Å². The highest BCUT2D eigenvalue weighted by molar-refractivity contribution is 6.32. The maximum absolute atomic E-state index is 13.4. The molecule has 1 atom stereocenters. The largest absolute Gasteiger partial charge is 0.481 e. The van der Waals surface area contributed by atoms with E-state index in [1.54, 1.807) is 6.07 Å². The van der Waals surface area contributed by atoms with Gasteiger partial charge in [-0.1, -0.05) is 53.8 Å². The third-order valence-electron chi connectivity index (χ3n) is 7.09. The van der Waals surface area contributed by atoms with Crippen molar-refractivity contribution in [2.45, 2.75) is 43.1 Å². The van der Waals surface area contributed by atoms with Crippen molar-refractivity contribution in [3.63, 3.8) is 0 Å². The Labute approximate surface area is 215 Å². The van der Waals surface area contributed by atoms with E-state index >= 15 is 0 Å². The molecule has 3 N–H and O–H groups in total. The number of hydrogen-bond donors (Lipinski definition) is 3. The Morgan fingerprint density at radius 2 is 1.86 bits per heavy atom. The topological polar surface area (TPSA) is 114 Å². The SMILES string of the molecule is N#Cc1ccc(NC(=O)C(O)(C#CCN2CCC(C(=O)O)CC2)CC2(c3ccccc3)CC2)cc1Cl. The van der Waals surface area contributed by atoms with Crippen LogP contribution in [0.5, 0.6) is 0 Å². The number of nitrogens with one attached hydrogen (secondary N) is 1. The summed E-state index contributed by atoms with van der Waals surface area (Å²) in [4.78, 5) is 26.6. The zero-order valence-electron chi connectivity index (χ0n) is 19.8. The number of anilines is 1. The minimum absolute atomic E-state index is 0.147. The number of carbonyl (C=O) groups excluding carboxylic acids is 1. The minimum Gasteiger partial charge on any atom is -0.481 e. The van der Waals surface area contributed by atoms with Crippen molar-refractivity contribution >= 4 is 29.2 Å². The van der Waals surface area contributed by atoms with Crippen LogP contribution in [0.4, 0.5) is 5.69 Å². The number of aliphatic carboxylic acids is 1. The zero-order chi connectivity index (χ0) is 25.8. The summed E-state index contributed by atoms with van der Waals surface area (Å²) in [5.74, 6) is 4.08. The van der Waals surface area contributed by atoms with Gasteiger partial charge in [0.05, 0.1) is 23.0 Å². The van der Waals surface area contributed by atoms with Crippen LogP contribution in [-0.2, 0) is 15.0 Å². The number of aliphatic hydroxyl groups is 1. The number of benzene rings is 2. The van der Waals surface area contributed by atoms with E-state index in [0.29, 0.717) is 38.2 Å². The first-order chi connectivity index (χ1) is 17.2. The van der Waals surface area contributed by atoms with Crippen LogP contribution in [0.2, 0.25) is 5.02 Å². The van der Waals surface area contributed by atoms with Gasteiger partial charge in [-0.05, 0) is 68.0 Å². The van der Waals surface area contributed by atoms with Gasteiger partial charge in [0.1, 0.15) is 6.07 Å². The molecule has 0 aromatic heterocycles. The summed E-state index contributed by atoms with van der Waals surface area (Å²) in [5, 5.41) is 32.8. The molecule has 1 saturated carbocycles. The molecule has 36 heavy (non-hydrogen) atoms. The first-order valence-electron chi connectivity index (χ1n) is 12.0. The van der Waals surface area contributed by atoms with Crippen LogP contribution in [0.1, 0.15) is 43.2 Å². The lowest BCUT2D eigenvalue weighted by Crippen LogP contribution is -2.45. The number of carboxylic acids is 1. The third-order valence-corrected chi connectivity index (χ3v) is 7.40. The van der Waals surface area contributed by atoms with Crippen molar-refractivity contribution in [1.82, 2.24) is 4.90 Å². The Balaban J connectivity index is 1.53. The summed E-state index contributed by atoms with van der Waals surface area (Å²) < 4.78 is 0. The summed E-state index contributed by atoms with van der Waals surface area (Å²) in [6.07, 6.45) is 2.95. The lowest BCUT2D eigenvalue weighted by molar-refractivity contribution is -0.143. The highest BCUT2D eigenvalue weighted by Crippen LogP contribution is 2.53. The van der Waals surface area contributed by atoms with Crippen LogP contribution in [-0.4, -0.2) is 52.2 Å². The summed E-state index contributed by atoms with van der Waals surface area (Å²) in [7, 11) is 0. The molecule has 1 aliphatic heterocycles. The molecule has 2 aliphatic rings. The van der Waals surface area contributed by atoms with Crippen molar-refractivity contribution in [3.8, 4) is 17.9 Å². The van der Waals surface area contributed by atoms with Gasteiger partial charge in [-0.25, -0.2) is 0 Å². The molecular formula is C28H28ClN3O4. The molecule has 1 heterocycles. The van der Waals surface area contributed by atoms with E-state index in [1.807, 2.05) is 41.3 Å². The number of piperidine rings is 1. The molecule has 1 unspecified atom stereocenters. The average Bonchev–Trinajstić information content (AvgIpc) is 3.65. The van der Waals surface area contributed by atoms with Gasteiger partial charge in [0.15, 0.2) is 0 Å². The van der Waals surface area contributed by atoms with Crippen LogP contribution in [0.25, 0.3) is 0 Å². The molecule has 0 spiro atoms. The fraction of sp³-hybridized carbons (Fsp3) is 0.393. The number of hydrogen-bond acceptors (Lipinski definition) is 5. The summed E-state index contributed by atoms with van der Waals surface area (Å²) >= 11 is 6.12. The van der Waals surface area contributed by atoms with Gasteiger partial charge in [-0.2, -0.15) is 5.26 Å². The van der Waals surface area contributed by atoms with E-state index < -0.39 is 17.5 Å². The molecule has 2 aromatic rings. The van der Waals surface area contributed by atoms with Gasteiger partial charge >= 0.3 is 5.97 Å². The Hall–Kier alpha value is -3.36.